The van der Waals surface area contributed by atoms with Crippen LogP contribution in [0.5, 0.6) is 0 Å². The van der Waals surface area contributed by atoms with Crippen molar-refractivity contribution in [3.8, 4) is 0 Å². The fourth-order valence-electron chi connectivity index (χ4n) is 0.568. The van der Waals surface area contributed by atoms with E-state index >= 15 is 0 Å². The largest absolute Gasteiger partial charge is 0.487 e. The maximum atomic E-state index is 11.1. The normalized spacial score (nSPS) is 10.7. The van der Waals surface area contributed by atoms with E-state index in [-0.39, 0.29) is 5.76 Å². The number of hydrogen-bond acceptors (Lipinski definition) is 3. The van der Waals surface area contributed by atoms with Crippen molar-refractivity contribution in [3.63, 3.8) is 0 Å². The molecule has 0 amide bonds. The molecule has 3 heteroatoms. The first-order chi connectivity index (χ1) is 5.37. The standard InChI is InChI=1S/C9H16O3/c1-6-11-7(2)8(10)12-9(3,4)5/h2,6H2,1,3-5H3. The highest BCUT2D eigenvalue weighted by Crippen LogP contribution is 2.10. The molecule has 0 spiro atoms. The first-order valence-corrected chi connectivity index (χ1v) is 3.92. The van der Waals surface area contributed by atoms with Crippen molar-refractivity contribution in [1.29, 1.82) is 0 Å². The molecule has 0 aromatic carbocycles. The second-order valence-electron chi connectivity index (χ2n) is 3.36. The SMILES string of the molecule is C=C(OCC)C(=O)OC(C)(C)C. The van der Waals surface area contributed by atoms with Crippen molar-refractivity contribution >= 4 is 5.97 Å². The van der Waals surface area contributed by atoms with Crippen molar-refractivity contribution in [3.05, 3.63) is 12.3 Å². The summed E-state index contributed by atoms with van der Waals surface area (Å²) in [6.07, 6.45) is 0. The molecule has 0 saturated carbocycles. The van der Waals surface area contributed by atoms with Gasteiger partial charge in [0.15, 0.2) is 5.76 Å². The Hall–Kier alpha value is -0.990. The molecule has 0 aliphatic rings. The number of rotatable bonds is 3. The quantitative estimate of drug-likeness (QED) is 0.370. The molecule has 0 atom stereocenters. The van der Waals surface area contributed by atoms with Gasteiger partial charge in [-0.3, -0.25) is 0 Å². The Kier molecular flexibility index (Phi) is 3.80. The number of esters is 1. The summed E-state index contributed by atoms with van der Waals surface area (Å²) >= 11 is 0. The van der Waals surface area contributed by atoms with Crippen molar-refractivity contribution in [2.75, 3.05) is 6.61 Å². The van der Waals surface area contributed by atoms with Crippen molar-refractivity contribution in [2.24, 2.45) is 0 Å². The van der Waals surface area contributed by atoms with E-state index in [0.717, 1.165) is 0 Å². The third-order valence-corrected chi connectivity index (χ3v) is 0.945. The lowest BCUT2D eigenvalue weighted by atomic mass is 10.2. The predicted octanol–water partition coefficient (Wildman–Crippen LogP) is 1.88. The molecule has 0 N–H and O–H groups in total. The molecule has 70 valence electrons. The van der Waals surface area contributed by atoms with E-state index in [0.29, 0.717) is 6.61 Å². The smallest absolute Gasteiger partial charge is 0.373 e. The number of carbonyl (C=O) groups is 1. The average molecular weight is 172 g/mol. The van der Waals surface area contributed by atoms with Gasteiger partial charge < -0.3 is 9.47 Å². The lowest BCUT2D eigenvalue weighted by Gasteiger charge is -2.19. The Labute approximate surface area is 73.4 Å². The number of carbonyl (C=O) groups excluding carboxylic acids is 1. The molecule has 0 bridgehead atoms. The fourth-order valence-corrected chi connectivity index (χ4v) is 0.568. The van der Waals surface area contributed by atoms with Gasteiger partial charge in [-0.2, -0.15) is 0 Å². The van der Waals surface area contributed by atoms with Crippen molar-refractivity contribution in [2.45, 2.75) is 33.3 Å². The van der Waals surface area contributed by atoms with Gasteiger partial charge in [0.25, 0.3) is 0 Å². The van der Waals surface area contributed by atoms with Gasteiger partial charge in [-0.25, -0.2) is 4.79 Å². The molecule has 0 fully saturated rings. The first kappa shape index (κ1) is 11.0. The minimum absolute atomic E-state index is 0.0624. The molecule has 0 aromatic rings. The summed E-state index contributed by atoms with van der Waals surface area (Å²) in [5.41, 5.74) is -0.489. The fraction of sp³-hybridized carbons (Fsp3) is 0.667. The molecule has 0 saturated heterocycles. The molecule has 0 aliphatic heterocycles. The third-order valence-electron chi connectivity index (χ3n) is 0.945. The Morgan fingerprint density at radius 2 is 1.92 bits per heavy atom. The highest BCUT2D eigenvalue weighted by molar-refractivity contribution is 5.85. The average Bonchev–Trinajstić information content (AvgIpc) is 1.84. The molecule has 0 rings (SSSR count). The van der Waals surface area contributed by atoms with Crippen LogP contribution in [0.3, 0.4) is 0 Å². The molecule has 0 aromatic heterocycles. The second kappa shape index (κ2) is 4.14. The molecule has 0 radical (unpaired) electrons. The van der Waals surface area contributed by atoms with Gasteiger partial charge >= 0.3 is 5.97 Å². The summed E-state index contributed by atoms with van der Waals surface area (Å²) < 4.78 is 9.87. The Bertz CT molecular complexity index is 177. The van der Waals surface area contributed by atoms with Crippen LogP contribution in [0.1, 0.15) is 27.7 Å². The minimum atomic E-state index is -0.496. The summed E-state index contributed by atoms with van der Waals surface area (Å²) in [5.74, 6) is -0.434. The zero-order chi connectivity index (χ0) is 9.78. The highest BCUT2D eigenvalue weighted by atomic mass is 16.6. The molecular weight excluding hydrogens is 156 g/mol. The van der Waals surface area contributed by atoms with E-state index in [1.807, 2.05) is 0 Å². The number of hydrogen-bond donors (Lipinski definition) is 0. The Morgan fingerprint density at radius 1 is 1.42 bits per heavy atom. The molecule has 0 heterocycles. The van der Waals surface area contributed by atoms with E-state index in [9.17, 15) is 4.79 Å². The predicted molar refractivity (Wildman–Crippen MR) is 46.6 cm³/mol. The molecule has 3 nitrogen and oxygen atoms in total. The van der Waals surface area contributed by atoms with Crippen LogP contribution < -0.4 is 0 Å². The zero-order valence-electron chi connectivity index (χ0n) is 8.14. The zero-order valence-corrected chi connectivity index (χ0v) is 8.14. The minimum Gasteiger partial charge on any atom is -0.487 e. The van der Waals surface area contributed by atoms with Crippen LogP contribution in [-0.2, 0) is 14.3 Å². The van der Waals surface area contributed by atoms with Crippen LogP contribution >= 0.6 is 0 Å². The molecule has 0 unspecified atom stereocenters. The topological polar surface area (TPSA) is 35.5 Å². The van der Waals surface area contributed by atoms with Crippen LogP contribution in [0.15, 0.2) is 12.3 Å². The van der Waals surface area contributed by atoms with Crippen LogP contribution in [0.25, 0.3) is 0 Å². The monoisotopic (exact) mass is 172 g/mol. The third kappa shape index (κ3) is 4.77. The van der Waals surface area contributed by atoms with Gasteiger partial charge in [0.05, 0.1) is 6.61 Å². The van der Waals surface area contributed by atoms with Crippen LogP contribution in [0.4, 0.5) is 0 Å². The van der Waals surface area contributed by atoms with E-state index in [1.54, 1.807) is 27.7 Å². The van der Waals surface area contributed by atoms with Crippen LogP contribution in [0, 0.1) is 0 Å². The van der Waals surface area contributed by atoms with Gasteiger partial charge in [0.1, 0.15) is 5.60 Å². The maximum absolute atomic E-state index is 11.1. The molecule has 12 heavy (non-hydrogen) atoms. The second-order valence-corrected chi connectivity index (χ2v) is 3.36. The summed E-state index contributed by atoms with van der Waals surface area (Å²) in [6.45, 7) is 11.0. The molecule has 0 aliphatic carbocycles. The van der Waals surface area contributed by atoms with Gasteiger partial charge in [-0.15, -0.1) is 0 Å². The van der Waals surface area contributed by atoms with Gasteiger partial charge in [-0.1, -0.05) is 0 Å². The van der Waals surface area contributed by atoms with E-state index in [4.69, 9.17) is 9.47 Å². The van der Waals surface area contributed by atoms with E-state index in [2.05, 4.69) is 6.58 Å². The van der Waals surface area contributed by atoms with Crippen LogP contribution in [0.2, 0.25) is 0 Å². The van der Waals surface area contributed by atoms with E-state index < -0.39 is 11.6 Å². The van der Waals surface area contributed by atoms with E-state index in [1.165, 1.54) is 0 Å². The summed E-state index contributed by atoms with van der Waals surface area (Å²) in [4.78, 5) is 11.1. The number of ether oxygens (including phenoxy) is 2. The van der Waals surface area contributed by atoms with Crippen molar-refractivity contribution in [1.82, 2.24) is 0 Å². The van der Waals surface area contributed by atoms with Gasteiger partial charge in [-0.05, 0) is 34.3 Å². The van der Waals surface area contributed by atoms with Gasteiger partial charge in [0, 0.05) is 0 Å². The highest BCUT2D eigenvalue weighted by Gasteiger charge is 2.18. The lowest BCUT2D eigenvalue weighted by Crippen LogP contribution is -2.25. The molecular formula is C9H16O3. The van der Waals surface area contributed by atoms with Gasteiger partial charge in [0.2, 0.25) is 0 Å². The maximum Gasteiger partial charge on any atom is 0.373 e. The van der Waals surface area contributed by atoms with Crippen molar-refractivity contribution < 1.29 is 14.3 Å². The first-order valence-electron chi connectivity index (χ1n) is 3.92. The Balaban J connectivity index is 3.97. The summed E-state index contributed by atoms with van der Waals surface area (Å²) in [5, 5.41) is 0. The Morgan fingerprint density at radius 3 is 2.25 bits per heavy atom. The summed E-state index contributed by atoms with van der Waals surface area (Å²) in [6, 6.07) is 0. The lowest BCUT2D eigenvalue weighted by molar-refractivity contribution is -0.154. The summed E-state index contributed by atoms with van der Waals surface area (Å²) in [7, 11) is 0. The van der Waals surface area contributed by atoms with Crippen LogP contribution in [-0.4, -0.2) is 18.2 Å².